The molecule has 0 aliphatic carbocycles. The fraction of sp³-hybridized carbons (Fsp3) is 0.370. The summed E-state index contributed by atoms with van der Waals surface area (Å²) >= 11 is 0. The Morgan fingerprint density at radius 2 is 1.76 bits per heavy atom. The Morgan fingerprint density at radius 3 is 2.41 bits per heavy atom. The summed E-state index contributed by atoms with van der Waals surface area (Å²) in [5.41, 5.74) is 4.41. The number of aryl methyl sites for hydroxylation is 3. The van der Waals surface area contributed by atoms with Crippen LogP contribution in [0.25, 0.3) is 0 Å². The second-order valence-electron chi connectivity index (χ2n) is 8.86. The van der Waals surface area contributed by atoms with Crippen LogP contribution < -0.4 is 10.1 Å². The van der Waals surface area contributed by atoms with Gasteiger partial charge in [-0.15, -0.1) is 0 Å². The first-order valence-electron chi connectivity index (χ1n) is 11.7. The maximum Gasteiger partial charge on any atom is 0.251 e. The predicted molar refractivity (Wildman–Crippen MR) is 129 cm³/mol. The van der Waals surface area contributed by atoms with Gasteiger partial charge in [-0.05, 0) is 62.9 Å². The summed E-state index contributed by atoms with van der Waals surface area (Å²) in [7, 11) is 0. The number of aromatic nitrogens is 1. The van der Waals surface area contributed by atoms with E-state index in [1.165, 1.54) is 0 Å². The number of nitrogens with one attached hydrogen (secondary N) is 1. The van der Waals surface area contributed by atoms with Gasteiger partial charge in [-0.3, -0.25) is 9.59 Å². The summed E-state index contributed by atoms with van der Waals surface area (Å²) in [4.78, 5) is 27.2. The maximum absolute atomic E-state index is 12.8. The summed E-state index contributed by atoms with van der Waals surface area (Å²) in [6, 6.07) is 15.3. The molecule has 7 nitrogen and oxygen atoms in total. The molecule has 0 atom stereocenters. The molecule has 2 heterocycles. The minimum atomic E-state index is -0.0421. The van der Waals surface area contributed by atoms with Gasteiger partial charge in [0.05, 0.1) is 17.7 Å². The van der Waals surface area contributed by atoms with Gasteiger partial charge in [0, 0.05) is 24.7 Å². The molecule has 0 bridgehead atoms. The Labute approximate surface area is 200 Å². The van der Waals surface area contributed by atoms with E-state index in [4.69, 9.17) is 9.26 Å². The predicted octanol–water partition coefficient (Wildman–Crippen LogP) is 4.14. The molecule has 0 spiro atoms. The molecular formula is C27H31N3O4. The molecular weight excluding hydrogens is 430 g/mol. The molecule has 1 aliphatic rings. The fourth-order valence-corrected chi connectivity index (χ4v) is 4.22. The molecule has 1 aliphatic heterocycles. The smallest absolute Gasteiger partial charge is 0.251 e. The first-order valence-corrected chi connectivity index (χ1v) is 11.7. The first-order chi connectivity index (χ1) is 16.4. The minimum absolute atomic E-state index is 0.0421. The largest absolute Gasteiger partial charge is 0.489 e. The lowest BCUT2D eigenvalue weighted by molar-refractivity contribution is -0.131. The van der Waals surface area contributed by atoms with Crippen molar-refractivity contribution in [2.45, 2.75) is 52.7 Å². The Kier molecular flexibility index (Phi) is 7.30. The van der Waals surface area contributed by atoms with Crippen molar-refractivity contribution in [1.82, 2.24) is 15.4 Å². The Bertz CT molecular complexity index is 1130. The average Bonchev–Trinajstić information content (AvgIpc) is 3.16. The summed E-state index contributed by atoms with van der Waals surface area (Å²) in [6.45, 7) is 7.40. The summed E-state index contributed by atoms with van der Waals surface area (Å²) in [5.74, 6) is 1.56. The number of benzene rings is 2. The van der Waals surface area contributed by atoms with Gasteiger partial charge in [0.2, 0.25) is 5.91 Å². The van der Waals surface area contributed by atoms with Crippen LogP contribution in [-0.4, -0.2) is 41.0 Å². The lowest BCUT2D eigenvalue weighted by Gasteiger charge is -2.32. The highest BCUT2D eigenvalue weighted by Gasteiger charge is 2.24. The van der Waals surface area contributed by atoms with E-state index in [0.29, 0.717) is 31.7 Å². The third kappa shape index (κ3) is 5.65. The van der Waals surface area contributed by atoms with Crippen LogP contribution in [0.3, 0.4) is 0 Å². The van der Waals surface area contributed by atoms with Crippen molar-refractivity contribution in [2.75, 3.05) is 13.1 Å². The third-order valence-corrected chi connectivity index (χ3v) is 6.42. The highest BCUT2D eigenvalue weighted by atomic mass is 16.5. The molecule has 1 aromatic heterocycles. The van der Waals surface area contributed by atoms with Crippen molar-refractivity contribution in [1.29, 1.82) is 0 Å². The van der Waals surface area contributed by atoms with Crippen LogP contribution in [0.15, 0.2) is 53.1 Å². The minimum Gasteiger partial charge on any atom is -0.489 e. The lowest BCUT2D eigenvalue weighted by atomic mass is 10.0. The molecule has 7 heteroatoms. The van der Waals surface area contributed by atoms with Crippen LogP contribution in [0.4, 0.5) is 0 Å². The quantitative estimate of drug-likeness (QED) is 0.572. The SMILES string of the molecule is Cc1ccccc1C(=O)NC1CCN(C(=O)Cc2ccc(OCc3c(C)noc3C)cc2)CC1. The van der Waals surface area contributed by atoms with E-state index in [-0.39, 0.29) is 17.9 Å². The van der Waals surface area contributed by atoms with Gasteiger partial charge in [0.25, 0.3) is 5.91 Å². The number of hydrogen-bond donors (Lipinski definition) is 1. The van der Waals surface area contributed by atoms with E-state index < -0.39 is 0 Å². The summed E-state index contributed by atoms with van der Waals surface area (Å²) < 4.78 is 11.0. The van der Waals surface area contributed by atoms with Gasteiger partial charge in [-0.25, -0.2) is 0 Å². The van der Waals surface area contributed by atoms with Gasteiger partial charge in [-0.1, -0.05) is 35.5 Å². The standard InChI is InChI=1S/C27H31N3O4/c1-18-6-4-5-7-24(18)27(32)28-22-12-14-30(15-13-22)26(31)16-21-8-10-23(11-9-21)33-17-25-19(2)29-34-20(25)3/h4-11,22H,12-17H2,1-3H3,(H,28,32). The van der Waals surface area contributed by atoms with Gasteiger partial charge in [-0.2, -0.15) is 0 Å². The molecule has 3 aromatic rings. The lowest BCUT2D eigenvalue weighted by Crippen LogP contribution is -2.47. The number of carbonyl (C=O) groups excluding carboxylic acids is 2. The van der Waals surface area contributed by atoms with E-state index in [1.807, 2.05) is 74.2 Å². The topological polar surface area (TPSA) is 84.7 Å². The number of carbonyl (C=O) groups is 2. The van der Waals surface area contributed by atoms with Gasteiger partial charge >= 0.3 is 0 Å². The second-order valence-corrected chi connectivity index (χ2v) is 8.86. The van der Waals surface area contributed by atoms with Gasteiger partial charge < -0.3 is 19.5 Å². The third-order valence-electron chi connectivity index (χ3n) is 6.42. The molecule has 1 N–H and O–H groups in total. The number of rotatable bonds is 7. The highest BCUT2D eigenvalue weighted by Crippen LogP contribution is 2.19. The maximum atomic E-state index is 12.8. The van der Waals surface area contributed by atoms with Crippen molar-refractivity contribution in [3.05, 3.63) is 82.2 Å². The fourth-order valence-electron chi connectivity index (χ4n) is 4.22. The molecule has 1 saturated heterocycles. The highest BCUT2D eigenvalue weighted by molar-refractivity contribution is 5.95. The normalized spacial score (nSPS) is 14.1. The molecule has 0 unspecified atom stereocenters. The number of hydrogen-bond acceptors (Lipinski definition) is 5. The van der Waals surface area contributed by atoms with E-state index in [9.17, 15) is 9.59 Å². The van der Waals surface area contributed by atoms with E-state index in [2.05, 4.69) is 10.5 Å². The number of piperidine rings is 1. The molecule has 2 aromatic carbocycles. The van der Waals surface area contributed by atoms with Gasteiger partial charge in [0.15, 0.2) is 0 Å². The van der Waals surface area contributed by atoms with Crippen molar-refractivity contribution in [2.24, 2.45) is 0 Å². The molecule has 2 amide bonds. The van der Waals surface area contributed by atoms with Crippen molar-refractivity contribution in [3.63, 3.8) is 0 Å². The summed E-state index contributed by atoms with van der Waals surface area (Å²) in [5, 5.41) is 7.06. The number of ether oxygens (including phenoxy) is 1. The Morgan fingerprint density at radius 1 is 1.06 bits per heavy atom. The van der Waals surface area contributed by atoms with Crippen molar-refractivity contribution in [3.8, 4) is 5.75 Å². The molecule has 4 rings (SSSR count). The van der Waals surface area contributed by atoms with E-state index in [0.717, 1.165) is 46.7 Å². The number of amides is 2. The molecule has 0 radical (unpaired) electrons. The Hall–Kier alpha value is -3.61. The van der Waals surface area contributed by atoms with Crippen molar-refractivity contribution >= 4 is 11.8 Å². The van der Waals surface area contributed by atoms with Gasteiger partial charge in [0.1, 0.15) is 18.1 Å². The Balaban J connectivity index is 1.23. The molecule has 1 fully saturated rings. The molecule has 0 saturated carbocycles. The zero-order chi connectivity index (χ0) is 24.1. The summed E-state index contributed by atoms with van der Waals surface area (Å²) in [6.07, 6.45) is 1.88. The first kappa shape index (κ1) is 23.5. The van der Waals surface area contributed by atoms with Crippen LogP contribution in [0.2, 0.25) is 0 Å². The van der Waals surface area contributed by atoms with Crippen LogP contribution in [0, 0.1) is 20.8 Å². The van der Waals surface area contributed by atoms with Crippen LogP contribution in [0.1, 0.15) is 51.3 Å². The zero-order valence-corrected chi connectivity index (χ0v) is 20.0. The van der Waals surface area contributed by atoms with Crippen LogP contribution in [0.5, 0.6) is 5.75 Å². The zero-order valence-electron chi connectivity index (χ0n) is 20.0. The van der Waals surface area contributed by atoms with Crippen LogP contribution >= 0.6 is 0 Å². The van der Waals surface area contributed by atoms with Crippen LogP contribution in [-0.2, 0) is 17.8 Å². The monoisotopic (exact) mass is 461 g/mol. The average molecular weight is 462 g/mol. The molecule has 34 heavy (non-hydrogen) atoms. The van der Waals surface area contributed by atoms with E-state index >= 15 is 0 Å². The van der Waals surface area contributed by atoms with E-state index in [1.54, 1.807) is 0 Å². The second kappa shape index (κ2) is 10.5. The molecule has 178 valence electrons. The number of likely N-dealkylation sites (tertiary alicyclic amines) is 1. The number of nitrogens with zero attached hydrogens (tertiary/aromatic N) is 2. The van der Waals surface area contributed by atoms with Crippen molar-refractivity contribution < 1.29 is 18.8 Å².